The molecule has 3 aromatic rings. The quantitative estimate of drug-likeness (QED) is 0.625. The molecule has 1 aromatic heterocycles. The van der Waals surface area contributed by atoms with Gasteiger partial charge in [0.2, 0.25) is 0 Å². The number of tetrazole rings is 1. The topological polar surface area (TPSA) is 59.3 Å². The second-order valence-corrected chi connectivity index (χ2v) is 8.79. The van der Waals surface area contributed by atoms with Gasteiger partial charge in [-0.2, -0.15) is 0 Å². The molecule has 0 N–H and O–H groups in total. The molecule has 1 fully saturated rings. The van der Waals surface area contributed by atoms with Gasteiger partial charge >= 0.3 is 0 Å². The minimum Gasteiger partial charge on any atom is -0.497 e. The van der Waals surface area contributed by atoms with Crippen LogP contribution < -0.4 is 9.64 Å². The molecule has 0 aliphatic carbocycles. The number of benzene rings is 2. The first-order valence-corrected chi connectivity index (χ1v) is 10.5. The monoisotopic (exact) mass is 424 g/mol. The van der Waals surface area contributed by atoms with Crippen LogP contribution in [0.5, 0.6) is 5.75 Å². The third-order valence-corrected chi connectivity index (χ3v) is 5.68. The van der Waals surface area contributed by atoms with E-state index in [0.29, 0.717) is 0 Å². The van der Waals surface area contributed by atoms with E-state index in [2.05, 4.69) is 58.2 Å². The summed E-state index contributed by atoms with van der Waals surface area (Å²) < 4.78 is 20.6. The SMILES string of the molecule is COc1ccc([C@@H](c2nnnn2C(C)(C)C)N2CCN(c3ccc(F)cc3)CC2)cc1. The number of rotatable bonds is 5. The van der Waals surface area contributed by atoms with Crippen molar-refractivity contribution in [2.24, 2.45) is 0 Å². The molecule has 1 atom stereocenters. The number of hydrogen-bond acceptors (Lipinski definition) is 6. The summed E-state index contributed by atoms with van der Waals surface area (Å²) in [6, 6.07) is 14.7. The Kier molecular flexibility index (Phi) is 5.91. The Bertz CT molecular complexity index is 988. The molecule has 0 radical (unpaired) electrons. The number of piperazine rings is 1. The lowest BCUT2D eigenvalue weighted by Crippen LogP contribution is -2.48. The largest absolute Gasteiger partial charge is 0.497 e. The Hall–Kier alpha value is -3.00. The first kappa shape index (κ1) is 21.2. The molecule has 1 aliphatic rings. The third-order valence-electron chi connectivity index (χ3n) is 5.68. The van der Waals surface area contributed by atoms with Crippen LogP contribution in [0.2, 0.25) is 0 Å². The minimum atomic E-state index is -0.237. The Morgan fingerprint density at radius 3 is 2.16 bits per heavy atom. The molecule has 1 aliphatic heterocycles. The van der Waals surface area contributed by atoms with Gasteiger partial charge in [-0.05, 0) is 73.2 Å². The highest BCUT2D eigenvalue weighted by atomic mass is 19.1. The highest BCUT2D eigenvalue weighted by Gasteiger charge is 2.33. The maximum Gasteiger partial charge on any atom is 0.173 e. The molecule has 1 saturated heterocycles. The molecule has 0 unspecified atom stereocenters. The minimum absolute atomic E-state index is 0.0736. The van der Waals surface area contributed by atoms with Crippen LogP contribution in [0.1, 0.15) is 38.2 Å². The van der Waals surface area contributed by atoms with Crippen molar-refractivity contribution in [3.63, 3.8) is 0 Å². The van der Waals surface area contributed by atoms with Gasteiger partial charge in [0.25, 0.3) is 0 Å². The molecular weight excluding hydrogens is 395 g/mol. The van der Waals surface area contributed by atoms with Gasteiger partial charge in [0.05, 0.1) is 18.7 Å². The fourth-order valence-electron chi connectivity index (χ4n) is 4.04. The lowest BCUT2D eigenvalue weighted by molar-refractivity contribution is 0.191. The second kappa shape index (κ2) is 8.63. The summed E-state index contributed by atoms with van der Waals surface area (Å²) in [5.74, 6) is 1.43. The molecule has 0 saturated carbocycles. The Balaban J connectivity index is 1.62. The number of anilines is 1. The summed E-state index contributed by atoms with van der Waals surface area (Å²) in [5.41, 5.74) is 1.93. The zero-order chi connectivity index (χ0) is 22.0. The molecule has 2 heterocycles. The normalized spacial score (nSPS) is 16.4. The highest BCUT2D eigenvalue weighted by Crippen LogP contribution is 2.32. The molecule has 31 heavy (non-hydrogen) atoms. The van der Waals surface area contributed by atoms with Crippen molar-refractivity contribution >= 4 is 5.69 Å². The zero-order valence-electron chi connectivity index (χ0n) is 18.5. The lowest BCUT2D eigenvalue weighted by atomic mass is 10.0. The predicted octanol–water partition coefficient (Wildman–Crippen LogP) is 3.49. The van der Waals surface area contributed by atoms with Crippen molar-refractivity contribution in [1.29, 1.82) is 0 Å². The number of methoxy groups -OCH3 is 1. The summed E-state index contributed by atoms with van der Waals surface area (Å²) in [6.07, 6.45) is 0. The zero-order valence-corrected chi connectivity index (χ0v) is 18.5. The van der Waals surface area contributed by atoms with Crippen LogP contribution >= 0.6 is 0 Å². The average molecular weight is 425 g/mol. The van der Waals surface area contributed by atoms with Gasteiger partial charge in [-0.15, -0.1) is 5.10 Å². The van der Waals surface area contributed by atoms with Gasteiger partial charge in [-0.25, -0.2) is 9.07 Å². The van der Waals surface area contributed by atoms with Crippen molar-refractivity contribution in [2.45, 2.75) is 32.4 Å². The van der Waals surface area contributed by atoms with E-state index in [1.165, 1.54) is 12.1 Å². The van der Waals surface area contributed by atoms with Gasteiger partial charge in [0.15, 0.2) is 5.82 Å². The van der Waals surface area contributed by atoms with E-state index < -0.39 is 0 Å². The molecular formula is C23H29FN6O. The first-order chi connectivity index (χ1) is 14.9. The molecule has 0 amide bonds. The average Bonchev–Trinajstić information content (AvgIpc) is 3.26. The van der Waals surface area contributed by atoms with Crippen LogP contribution in [-0.2, 0) is 5.54 Å². The van der Waals surface area contributed by atoms with Gasteiger partial charge in [-0.1, -0.05) is 12.1 Å². The van der Waals surface area contributed by atoms with Gasteiger partial charge in [0.1, 0.15) is 11.6 Å². The Morgan fingerprint density at radius 1 is 0.935 bits per heavy atom. The van der Waals surface area contributed by atoms with Crippen LogP contribution in [0.15, 0.2) is 48.5 Å². The Morgan fingerprint density at radius 2 is 1.58 bits per heavy atom. The molecule has 0 bridgehead atoms. The molecule has 164 valence electrons. The van der Waals surface area contributed by atoms with Crippen molar-refractivity contribution in [3.8, 4) is 5.75 Å². The van der Waals surface area contributed by atoms with Gasteiger partial charge in [-0.3, -0.25) is 4.90 Å². The molecule has 0 spiro atoms. The molecule has 4 rings (SSSR count). The summed E-state index contributed by atoms with van der Waals surface area (Å²) in [4.78, 5) is 4.70. The van der Waals surface area contributed by atoms with Crippen LogP contribution in [0, 0.1) is 5.82 Å². The van der Waals surface area contributed by atoms with E-state index in [4.69, 9.17) is 4.74 Å². The first-order valence-electron chi connectivity index (χ1n) is 10.5. The van der Waals surface area contributed by atoms with Crippen molar-refractivity contribution in [2.75, 3.05) is 38.2 Å². The fourth-order valence-corrected chi connectivity index (χ4v) is 4.04. The van der Waals surface area contributed by atoms with Crippen LogP contribution in [0.25, 0.3) is 0 Å². The third kappa shape index (κ3) is 4.54. The number of halogens is 1. The molecule has 2 aromatic carbocycles. The molecule has 8 heteroatoms. The number of nitrogens with zero attached hydrogens (tertiary/aromatic N) is 6. The second-order valence-electron chi connectivity index (χ2n) is 8.79. The summed E-state index contributed by atoms with van der Waals surface area (Å²) in [6.45, 7) is 9.67. The smallest absolute Gasteiger partial charge is 0.173 e. The molecule has 7 nitrogen and oxygen atoms in total. The number of ether oxygens (including phenoxy) is 1. The van der Waals surface area contributed by atoms with E-state index in [1.807, 2.05) is 28.9 Å². The van der Waals surface area contributed by atoms with E-state index in [9.17, 15) is 4.39 Å². The van der Waals surface area contributed by atoms with Gasteiger partial charge < -0.3 is 9.64 Å². The Labute approximate surface area is 182 Å². The van der Waals surface area contributed by atoms with Gasteiger partial charge in [0, 0.05) is 31.9 Å². The maximum absolute atomic E-state index is 13.3. The summed E-state index contributed by atoms with van der Waals surface area (Å²) in [7, 11) is 1.67. The lowest BCUT2D eigenvalue weighted by Gasteiger charge is -2.40. The van der Waals surface area contributed by atoms with Crippen molar-refractivity contribution < 1.29 is 9.13 Å². The maximum atomic E-state index is 13.3. The fraction of sp³-hybridized carbons (Fsp3) is 0.435. The predicted molar refractivity (Wildman–Crippen MR) is 118 cm³/mol. The number of aromatic nitrogens is 4. The van der Waals surface area contributed by atoms with E-state index >= 15 is 0 Å². The standard InChI is InChI=1S/C23H29FN6O/c1-23(2,3)30-22(25-26-27-30)21(17-5-11-20(31-4)12-6-17)29-15-13-28(14-16-29)19-9-7-18(24)8-10-19/h5-12,21H,13-16H2,1-4H3/t21-/m0/s1. The summed E-state index contributed by atoms with van der Waals surface area (Å²) in [5, 5.41) is 12.7. The van der Waals surface area contributed by atoms with E-state index in [0.717, 1.165) is 49.0 Å². The van der Waals surface area contributed by atoms with Crippen LogP contribution in [0.3, 0.4) is 0 Å². The number of hydrogen-bond donors (Lipinski definition) is 0. The van der Waals surface area contributed by atoms with Crippen molar-refractivity contribution in [1.82, 2.24) is 25.1 Å². The van der Waals surface area contributed by atoms with E-state index in [1.54, 1.807) is 7.11 Å². The van der Waals surface area contributed by atoms with E-state index in [-0.39, 0.29) is 17.4 Å². The highest BCUT2D eigenvalue weighted by molar-refractivity contribution is 5.46. The van der Waals surface area contributed by atoms with Crippen molar-refractivity contribution in [3.05, 3.63) is 65.7 Å². The van der Waals surface area contributed by atoms with Crippen LogP contribution in [0.4, 0.5) is 10.1 Å². The van der Waals surface area contributed by atoms with Crippen LogP contribution in [-0.4, -0.2) is 58.4 Å². The summed E-state index contributed by atoms with van der Waals surface area (Å²) >= 11 is 0.